The summed E-state index contributed by atoms with van der Waals surface area (Å²) in [6, 6.07) is 27.0. The number of hydrazone groups is 2. The molecule has 46 heavy (non-hydrogen) atoms. The summed E-state index contributed by atoms with van der Waals surface area (Å²) in [5, 5.41) is 29.7. The topological polar surface area (TPSA) is 169 Å². The highest BCUT2D eigenvalue weighted by molar-refractivity contribution is 6.47. The van der Waals surface area contributed by atoms with Crippen LogP contribution in [0, 0.1) is 20.2 Å². The van der Waals surface area contributed by atoms with E-state index in [1.807, 2.05) is 48.5 Å². The third-order valence-corrected chi connectivity index (χ3v) is 7.56. The Labute approximate surface area is 264 Å². The van der Waals surface area contributed by atoms with Crippen LogP contribution in [-0.2, 0) is 12.8 Å². The van der Waals surface area contributed by atoms with Gasteiger partial charge in [-0.15, -0.1) is 0 Å². The van der Waals surface area contributed by atoms with Gasteiger partial charge in [-0.2, -0.15) is 10.2 Å². The third kappa shape index (κ3) is 7.72. The summed E-state index contributed by atoms with van der Waals surface area (Å²) in [4.78, 5) is 45.4. The maximum atomic E-state index is 12.5. The fourth-order valence-electron chi connectivity index (χ4n) is 5.14. The van der Waals surface area contributed by atoms with Gasteiger partial charge in [-0.1, -0.05) is 48.5 Å². The van der Waals surface area contributed by atoms with Gasteiger partial charge in [-0.05, 0) is 73.9 Å². The lowest BCUT2D eigenvalue weighted by molar-refractivity contribution is -0.385. The smallest absolute Gasteiger partial charge is 0.269 e. The third-order valence-electron chi connectivity index (χ3n) is 7.56. The number of benzene rings is 4. The van der Waals surface area contributed by atoms with Crippen LogP contribution in [-0.4, -0.2) is 32.8 Å². The number of anilines is 2. The van der Waals surface area contributed by atoms with Crippen LogP contribution in [0.1, 0.15) is 57.5 Å². The molecule has 0 unspecified atom stereocenters. The zero-order valence-corrected chi connectivity index (χ0v) is 24.7. The summed E-state index contributed by atoms with van der Waals surface area (Å²) in [6.45, 7) is 0. The van der Waals surface area contributed by atoms with Gasteiger partial charge in [0.05, 0.1) is 21.2 Å². The number of hydrogen-bond donors (Lipinski definition) is 2. The number of hydrogen-bond acceptors (Lipinski definition) is 10. The molecule has 12 heteroatoms. The largest absolute Gasteiger partial charge is 0.287 e. The van der Waals surface area contributed by atoms with E-state index in [2.05, 4.69) is 21.1 Å². The van der Waals surface area contributed by atoms with E-state index in [0.717, 1.165) is 36.8 Å². The highest BCUT2D eigenvalue weighted by Gasteiger charge is 2.22. The summed E-state index contributed by atoms with van der Waals surface area (Å²) >= 11 is 0. The molecule has 12 nitrogen and oxygen atoms in total. The van der Waals surface area contributed by atoms with E-state index in [9.17, 15) is 29.8 Å². The van der Waals surface area contributed by atoms with Crippen molar-refractivity contribution in [2.24, 2.45) is 10.2 Å². The van der Waals surface area contributed by atoms with Gasteiger partial charge in [0.2, 0.25) is 11.6 Å². The van der Waals surface area contributed by atoms with Crippen molar-refractivity contribution in [1.29, 1.82) is 0 Å². The van der Waals surface area contributed by atoms with Gasteiger partial charge >= 0.3 is 0 Å². The van der Waals surface area contributed by atoms with Crippen LogP contribution in [0.15, 0.2) is 107 Å². The molecule has 2 N–H and O–H groups in total. The minimum absolute atomic E-state index is 0.0164. The van der Waals surface area contributed by atoms with Crippen molar-refractivity contribution in [1.82, 2.24) is 0 Å². The van der Waals surface area contributed by atoms with Crippen molar-refractivity contribution in [2.45, 2.75) is 38.5 Å². The van der Waals surface area contributed by atoms with Crippen LogP contribution in [0.5, 0.6) is 0 Å². The molecule has 0 aromatic heterocycles. The van der Waals surface area contributed by atoms with Crippen molar-refractivity contribution in [3.8, 4) is 0 Å². The van der Waals surface area contributed by atoms with E-state index in [4.69, 9.17) is 0 Å². The van der Waals surface area contributed by atoms with Crippen LogP contribution < -0.4 is 10.9 Å². The predicted octanol–water partition coefficient (Wildman–Crippen LogP) is 7.16. The Bertz CT molecular complexity index is 1700. The maximum Gasteiger partial charge on any atom is 0.269 e. The molecule has 4 aromatic rings. The summed E-state index contributed by atoms with van der Waals surface area (Å²) in [5.74, 6) is -0.125. The molecule has 0 bridgehead atoms. The normalized spacial score (nSPS) is 15.8. The molecule has 0 radical (unpaired) electrons. The highest BCUT2D eigenvalue weighted by atomic mass is 16.6. The summed E-state index contributed by atoms with van der Waals surface area (Å²) in [5.41, 5.74) is 11.3. The molecule has 232 valence electrons. The number of carbonyl (C=O) groups excluding carboxylic acids is 2. The first-order valence-electron chi connectivity index (χ1n) is 14.7. The molecule has 0 spiro atoms. The van der Waals surface area contributed by atoms with E-state index in [0.29, 0.717) is 46.8 Å². The molecular formula is C34H30N6O6. The highest BCUT2D eigenvalue weighted by Crippen LogP contribution is 2.22. The Morgan fingerprint density at radius 2 is 0.891 bits per heavy atom. The molecule has 2 aliphatic carbocycles. The number of rotatable bonds is 6. The zero-order chi connectivity index (χ0) is 32.5. The van der Waals surface area contributed by atoms with Crippen LogP contribution in [0.3, 0.4) is 0 Å². The molecular weight excluding hydrogens is 588 g/mol. The summed E-state index contributed by atoms with van der Waals surface area (Å²) in [7, 11) is 0. The van der Waals surface area contributed by atoms with Crippen molar-refractivity contribution >= 4 is 45.7 Å². The monoisotopic (exact) mass is 618 g/mol. The number of carbonyl (C=O) groups is 2. The average Bonchev–Trinajstić information content (AvgIpc) is 3.34. The van der Waals surface area contributed by atoms with E-state index in [1.165, 1.54) is 24.3 Å². The first-order chi connectivity index (χ1) is 22.3. The first-order valence-corrected chi connectivity index (χ1v) is 14.7. The Balaban J connectivity index is 0.000000181. The molecule has 4 aromatic carbocycles. The second-order valence-electron chi connectivity index (χ2n) is 10.6. The predicted molar refractivity (Wildman–Crippen MR) is 176 cm³/mol. The van der Waals surface area contributed by atoms with Crippen LogP contribution in [0.2, 0.25) is 0 Å². The lowest BCUT2D eigenvalue weighted by atomic mass is 10.0. The van der Waals surface area contributed by atoms with Gasteiger partial charge in [0, 0.05) is 35.4 Å². The summed E-state index contributed by atoms with van der Waals surface area (Å²) in [6.07, 6.45) is 4.66. The number of fused-ring (bicyclic) bond motifs is 2. The molecule has 0 saturated heterocycles. The molecule has 6 rings (SSSR count). The van der Waals surface area contributed by atoms with E-state index in [1.54, 1.807) is 24.3 Å². The molecule has 0 saturated carbocycles. The van der Waals surface area contributed by atoms with Crippen molar-refractivity contribution in [2.75, 3.05) is 10.9 Å². The quantitative estimate of drug-likeness (QED) is 0.130. The van der Waals surface area contributed by atoms with Gasteiger partial charge in [0.25, 0.3) is 11.4 Å². The molecule has 0 amide bonds. The number of aryl methyl sites for hydroxylation is 2. The molecule has 0 heterocycles. The van der Waals surface area contributed by atoms with E-state index >= 15 is 0 Å². The minimum atomic E-state index is -0.457. The number of nitro groups is 2. The number of ketones is 2. The standard InChI is InChI=1S/2C17H15N3O3/c2*21-17-15-6-2-1-4-12(15)5-3-7-16(17)19-18-13-8-10-14(11-9-13)20(22)23/h2*1-2,4,6,8-11,18H,3,5,7H2/b2*19-16-. The van der Waals surface area contributed by atoms with Gasteiger partial charge in [0.15, 0.2) is 0 Å². The Morgan fingerprint density at radius 1 is 0.522 bits per heavy atom. The van der Waals surface area contributed by atoms with Gasteiger partial charge < -0.3 is 0 Å². The first kappa shape index (κ1) is 31.4. The molecule has 0 atom stereocenters. The lowest BCUT2D eigenvalue weighted by Gasteiger charge is -2.05. The summed E-state index contributed by atoms with van der Waals surface area (Å²) < 4.78 is 0. The number of nitro benzene ring substituents is 2. The Morgan fingerprint density at radius 3 is 1.26 bits per heavy atom. The van der Waals surface area contributed by atoms with Crippen LogP contribution in [0.4, 0.5) is 22.7 Å². The zero-order valence-electron chi connectivity index (χ0n) is 24.7. The SMILES string of the molecule is O=C1/C(=N\Nc2ccc([N+](=O)[O-])cc2)CCCc2ccccc21.O=C1/C(=N\Nc2ccc([N+](=O)[O-])cc2)CCCc2ccccc21. The fraction of sp³-hybridized carbons (Fsp3) is 0.176. The lowest BCUT2D eigenvalue weighted by Crippen LogP contribution is -2.15. The van der Waals surface area contributed by atoms with Crippen molar-refractivity contribution < 1.29 is 19.4 Å². The second-order valence-corrected chi connectivity index (χ2v) is 10.6. The van der Waals surface area contributed by atoms with Gasteiger partial charge in [-0.25, -0.2) is 0 Å². The molecule has 0 fully saturated rings. The van der Waals surface area contributed by atoms with E-state index < -0.39 is 9.85 Å². The Kier molecular flexibility index (Phi) is 9.98. The fourth-order valence-corrected chi connectivity index (χ4v) is 5.14. The molecule has 0 aliphatic heterocycles. The van der Waals surface area contributed by atoms with Crippen LogP contribution >= 0.6 is 0 Å². The number of nitrogens with zero attached hydrogens (tertiary/aromatic N) is 4. The van der Waals surface area contributed by atoms with Gasteiger partial charge in [0.1, 0.15) is 11.4 Å². The number of Topliss-reactive ketones (excluding diaryl/α,β-unsaturated/α-hetero) is 2. The van der Waals surface area contributed by atoms with Crippen molar-refractivity contribution in [3.05, 3.63) is 140 Å². The van der Waals surface area contributed by atoms with Gasteiger partial charge in [-0.3, -0.25) is 40.7 Å². The average molecular weight is 619 g/mol. The van der Waals surface area contributed by atoms with Crippen LogP contribution in [0.25, 0.3) is 0 Å². The minimum Gasteiger partial charge on any atom is -0.287 e. The van der Waals surface area contributed by atoms with E-state index in [-0.39, 0.29) is 22.9 Å². The molecule has 2 aliphatic rings. The number of non-ortho nitro benzene ring substituents is 2. The Hall–Kier alpha value is -6.04. The van der Waals surface area contributed by atoms with Crippen molar-refractivity contribution in [3.63, 3.8) is 0 Å². The number of nitrogens with one attached hydrogen (secondary N) is 2. The maximum absolute atomic E-state index is 12.5. The second kappa shape index (κ2) is 14.6.